The topological polar surface area (TPSA) is 12.0 Å². The van der Waals surface area contributed by atoms with Crippen LogP contribution in [0.4, 0.5) is 5.69 Å². The van der Waals surface area contributed by atoms with Crippen LogP contribution in [0.1, 0.15) is 17.2 Å². The molecule has 0 aliphatic rings. The molecule has 2 rings (SSSR count). The fourth-order valence-electron chi connectivity index (χ4n) is 1.91. The van der Waals surface area contributed by atoms with Crippen molar-refractivity contribution in [3.8, 4) is 0 Å². The lowest BCUT2D eigenvalue weighted by Gasteiger charge is -2.18. The lowest BCUT2D eigenvalue weighted by Crippen LogP contribution is -2.08. The maximum absolute atomic E-state index is 3.90. The summed E-state index contributed by atoms with van der Waals surface area (Å²) in [6.45, 7) is 7.73. The molecule has 0 bridgehead atoms. The number of para-hydroxylation sites is 1. The highest BCUT2D eigenvalue weighted by atomic mass is 14.9. The summed E-state index contributed by atoms with van der Waals surface area (Å²) in [6, 6.07) is 18.5. The van der Waals surface area contributed by atoms with Crippen LogP contribution in [-0.4, -0.2) is 0 Å². The predicted molar refractivity (Wildman–Crippen MR) is 79.5 cm³/mol. The molecule has 0 fully saturated rings. The molecule has 18 heavy (non-hydrogen) atoms. The lowest BCUT2D eigenvalue weighted by atomic mass is 10.1. The van der Waals surface area contributed by atoms with Gasteiger partial charge in [-0.05, 0) is 17.2 Å². The normalized spacial score (nSPS) is 11.6. The third-order valence-electron chi connectivity index (χ3n) is 2.89. The Morgan fingerprint density at radius 3 is 2.22 bits per heavy atom. The summed E-state index contributed by atoms with van der Waals surface area (Å²) in [6.07, 6.45) is 3.77. The average Bonchev–Trinajstić information content (AvgIpc) is 2.46. The van der Waals surface area contributed by atoms with Crippen molar-refractivity contribution in [1.82, 2.24) is 0 Å². The van der Waals surface area contributed by atoms with Gasteiger partial charge in [0, 0.05) is 5.69 Å². The molecule has 0 heterocycles. The second kappa shape index (κ2) is 5.87. The molecule has 1 N–H and O–H groups in total. The van der Waals surface area contributed by atoms with E-state index in [1.54, 1.807) is 0 Å². The first-order chi connectivity index (χ1) is 8.85. The maximum Gasteiger partial charge on any atom is 0.0695 e. The fourth-order valence-corrected chi connectivity index (χ4v) is 1.91. The molecule has 1 heteroatoms. The van der Waals surface area contributed by atoms with Crippen molar-refractivity contribution in [2.45, 2.75) is 6.04 Å². The second-order valence-corrected chi connectivity index (χ2v) is 4.06. The molecule has 0 amide bonds. The Hall–Kier alpha value is -2.28. The zero-order valence-electron chi connectivity index (χ0n) is 10.3. The molecule has 2 aromatic carbocycles. The third-order valence-corrected chi connectivity index (χ3v) is 2.89. The van der Waals surface area contributed by atoms with Crippen LogP contribution in [0.5, 0.6) is 0 Å². The van der Waals surface area contributed by atoms with E-state index in [0.29, 0.717) is 0 Å². The van der Waals surface area contributed by atoms with E-state index in [9.17, 15) is 0 Å². The van der Waals surface area contributed by atoms with Crippen LogP contribution in [-0.2, 0) is 0 Å². The Kier molecular flexibility index (Phi) is 3.98. The van der Waals surface area contributed by atoms with Crippen LogP contribution in [0, 0.1) is 0 Å². The molecule has 0 saturated heterocycles. The van der Waals surface area contributed by atoms with E-state index in [-0.39, 0.29) is 6.04 Å². The lowest BCUT2D eigenvalue weighted by molar-refractivity contribution is 0.987. The Morgan fingerprint density at radius 1 is 0.889 bits per heavy atom. The van der Waals surface area contributed by atoms with Gasteiger partial charge in [-0.15, -0.1) is 6.58 Å². The van der Waals surface area contributed by atoms with E-state index < -0.39 is 0 Å². The number of anilines is 1. The Balaban J connectivity index is 2.26. The van der Waals surface area contributed by atoms with Crippen molar-refractivity contribution in [2.24, 2.45) is 0 Å². The molecule has 1 unspecified atom stereocenters. The number of nitrogens with one attached hydrogen (secondary N) is 1. The molecular formula is C17H17N. The van der Waals surface area contributed by atoms with Gasteiger partial charge < -0.3 is 5.32 Å². The predicted octanol–water partition coefficient (Wildman–Crippen LogP) is 4.67. The van der Waals surface area contributed by atoms with Gasteiger partial charge in [0.25, 0.3) is 0 Å². The maximum atomic E-state index is 3.90. The summed E-state index contributed by atoms with van der Waals surface area (Å²) in [5.74, 6) is 0. The minimum Gasteiger partial charge on any atom is -0.374 e. The van der Waals surface area contributed by atoms with E-state index in [1.807, 2.05) is 48.6 Å². The van der Waals surface area contributed by atoms with Crippen molar-refractivity contribution in [3.63, 3.8) is 0 Å². The Labute approximate surface area is 108 Å². The van der Waals surface area contributed by atoms with Gasteiger partial charge in [-0.3, -0.25) is 0 Å². The van der Waals surface area contributed by atoms with Gasteiger partial charge >= 0.3 is 0 Å². The van der Waals surface area contributed by atoms with Crippen LogP contribution >= 0.6 is 0 Å². The van der Waals surface area contributed by atoms with Crippen LogP contribution in [0.2, 0.25) is 0 Å². The Morgan fingerprint density at radius 2 is 1.56 bits per heavy atom. The van der Waals surface area contributed by atoms with Gasteiger partial charge in [0.1, 0.15) is 0 Å². The van der Waals surface area contributed by atoms with Crippen LogP contribution in [0.25, 0.3) is 6.08 Å². The number of rotatable bonds is 5. The number of hydrogen-bond donors (Lipinski definition) is 1. The van der Waals surface area contributed by atoms with E-state index in [2.05, 4.69) is 36.7 Å². The highest BCUT2D eigenvalue weighted by Gasteiger charge is 2.07. The summed E-state index contributed by atoms with van der Waals surface area (Å²) in [7, 11) is 0. The monoisotopic (exact) mass is 235 g/mol. The molecule has 90 valence electrons. The molecular weight excluding hydrogens is 218 g/mol. The summed E-state index contributed by atoms with van der Waals surface area (Å²) < 4.78 is 0. The Bertz CT molecular complexity index is 528. The molecule has 2 aromatic rings. The molecule has 0 spiro atoms. The van der Waals surface area contributed by atoms with Gasteiger partial charge in [-0.1, -0.05) is 67.3 Å². The van der Waals surface area contributed by atoms with E-state index in [4.69, 9.17) is 0 Å². The summed E-state index contributed by atoms with van der Waals surface area (Å²) in [5.41, 5.74) is 3.37. The zero-order chi connectivity index (χ0) is 12.8. The van der Waals surface area contributed by atoms with Gasteiger partial charge in [-0.25, -0.2) is 0 Å². The highest BCUT2D eigenvalue weighted by Crippen LogP contribution is 2.23. The van der Waals surface area contributed by atoms with Gasteiger partial charge in [-0.2, -0.15) is 0 Å². The zero-order valence-corrected chi connectivity index (χ0v) is 10.3. The first-order valence-corrected chi connectivity index (χ1v) is 6.00. The molecule has 0 radical (unpaired) electrons. The van der Waals surface area contributed by atoms with E-state index in [1.165, 1.54) is 5.56 Å². The molecule has 0 aliphatic heterocycles. The minimum absolute atomic E-state index is 0.104. The van der Waals surface area contributed by atoms with E-state index in [0.717, 1.165) is 11.3 Å². The molecule has 0 saturated carbocycles. The van der Waals surface area contributed by atoms with Gasteiger partial charge in [0.05, 0.1) is 6.04 Å². The number of benzene rings is 2. The largest absolute Gasteiger partial charge is 0.374 e. The standard InChI is InChI=1S/C17H17N/c1-3-14-10-8-9-13-17(14)18-16(4-2)15-11-6-5-7-12-15/h3-13,16,18H,1-2H2. The molecule has 0 aromatic heterocycles. The third kappa shape index (κ3) is 2.69. The number of hydrogen-bond acceptors (Lipinski definition) is 1. The smallest absolute Gasteiger partial charge is 0.0695 e. The average molecular weight is 235 g/mol. The molecule has 1 atom stereocenters. The van der Waals surface area contributed by atoms with Crippen molar-refractivity contribution in [3.05, 3.63) is 85.0 Å². The SMILES string of the molecule is C=Cc1ccccc1NC(C=C)c1ccccc1. The minimum atomic E-state index is 0.104. The first-order valence-electron chi connectivity index (χ1n) is 6.00. The van der Waals surface area contributed by atoms with Crippen molar-refractivity contribution in [1.29, 1.82) is 0 Å². The summed E-state index contributed by atoms with van der Waals surface area (Å²) in [5, 5.41) is 3.48. The molecule has 1 nitrogen and oxygen atoms in total. The highest BCUT2D eigenvalue weighted by molar-refractivity contribution is 5.66. The summed E-state index contributed by atoms with van der Waals surface area (Å²) in [4.78, 5) is 0. The van der Waals surface area contributed by atoms with Gasteiger partial charge in [0.15, 0.2) is 0 Å². The van der Waals surface area contributed by atoms with Gasteiger partial charge in [0.2, 0.25) is 0 Å². The van der Waals surface area contributed by atoms with Crippen molar-refractivity contribution in [2.75, 3.05) is 5.32 Å². The summed E-state index contributed by atoms with van der Waals surface area (Å²) >= 11 is 0. The van der Waals surface area contributed by atoms with Crippen LogP contribution in [0.3, 0.4) is 0 Å². The van der Waals surface area contributed by atoms with Crippen molar-refractivity contribution >= 4 is 11.8 Å². The quantitative estimate of drug-likeness (QED) is 0.743. The molecule has 0 aliphatic carbocycles. The van der Waals surface area contributed by atoms with E-state index >= 15 is 0 Å². The fraction of sp³-hybridized carbons (Fsp3) is 0.0588. The first kappa shape index (κ1) is 12.2. The van der Waals surface area contributed by atoms with Crippen LogP contribution < -0.4 is 5.32 Å². The second-order valence-electron chi connectivity index (χ2n) is 4.06. The van der Waals surface area contributed by atoms with Crippen molar-refractivity contribution < 1.29 is 0 Å². The van der Waals surface area contributed by atoms with Crippen LogP contribution in [0.15, 0.2) is 73.8 Å².